The number of carboxylic acids is 1. The lowest BCUT2D eigenvalue weighted by Gasteiger charge is -2.02. The van der Waals surface area contributed by atoms with E-state index < -0.39 is 11.9 Å². The Morgan fingerprint density at radius 1 is 1.40 bits per heavy atom. The number of nitrogens with one attached hydrogen (secondary N) is 1. The van der Waals surface area contributed by atoms with Crippen LogP contribution in [-0.4, -0.2) is 33.6 Å². The van der Waals surface area contributed by atoms with E-state index in [4.69, 9.17) is 10.2 Å². The monoisotopic (exact) mass is 210 g/mol. The molecule has 1 aromatic heterocycles. The van der Waals surface area contributed by atoms with Gasteiger partial charge in [0.15, 0.2) is 0 Å². The van der Waals surface area contributed by atoms with Crippen molar-refractivity contribution in [3.8, 4) is 5.75 Å². The minimum Gasteiger partial charge on any atom is -0.506 e. The van der Waals surface area contributed by atoms with Crippen LogP contribution in [0.5, 0.6) is 5.75 Å². The van der Waals surface area contributed by atoms with Crippen LogP contribution in [0.1, 0.15) is 16.9 Å². The Morgan fingerprint density at radius 3 is 2.67 bits per heavy atom. The summed E-state index contributed by atoms with van der Waals surface area (Å²) in [6.45, 7) is 0.0523. The molecule has 3 N–H and O–H groups in total. The van der Waals surface area contributed by atoms with Gasteiger partial charge in [0, 0.05) is 6.54 Å². The number of rotatable bonds is 4. The smallest absolute Gasteiger partial charge is 0.305 e. The maximum absolute atomic E-state index is 11.3. The predicted molar refractivity (Wildman–Crippen MR) is 50.5 cm³/mol. The fourth-order valence-electron chi connectivity index (χ4n) is 0.894. The number of carbonyl (C=O) groups is 2. The van der Waals surface area contributed by atoms with Crippen LogP contribution in [0.2, 0.25) is 0 Å². The number of nitrogens with zero attached hydrogens (tertiary/aromatic N) is 1. The zero-order valence-corrected chi connectivity index (χ0v) is 7.80. The first-order chi connectivity index (χ1) is 7.09. The van der Waals surface area contributed by atoms with Crippen molar-refractivity contribution in [3.63, 3.8) is 0 Å². The molecule has 0 aliphatic rings. The van der Waals surface area contributed by atoms with Crippen molar-refractivity contribution in [1.29, 1.82) is 0 Å². The molecule has 6 heteroatoms. The van der Waals surface area contributed by atoms with Crippen molar-refractivity contribution in [2.24, 2.45) is 0 Å². The lowest BCUT2D eigenvalue weighted by molar-refractivity contribution is -0.136. The van der Waals surface area contributed by atoms with Gasteiger partial charge in [-0.2, -0.15) is 0 Å². The Morgan fingerprint density at radius 2 is 2.13 bits per heavy atom. The Labute approximate surface area is 85.6 Å². The number of hydrogen-bond donors (Lipinski definition) is 3. The maximum atomic E-state index is 11.3. The van der Waals surface area contributed by atoms with Gasteiger partial charge in [0.1, 0.15) is 11.4 Å². The van der Waals surface area contributed by atoms with Gasteiger partial charge in [0.2, 0.25) is 0 Å². The Kier molecular flexibility index (Phi) is 3.61. The molecule has 1 heterocycles. The van der Waals surface area contributed by atoms with Crippen LogP contribution >= 0.6 is 0 Å². The molecule has 0 saturated heterocycles. The molecule has 0 saturated carbocycles. The molecule has 0 radical (unpaired) electrons. The lowest BCUT2D eigenvalue weighted by Crippen LogP contribution is -2.26. The second-order valence-corrected chi connectivity index (χ2v) is 2.80. The summed E-state index contributed by atoms with van der Waals surface area (Å²) < 4.78 is 0. The van der Waals surface area contributed by atoms with Gasteiger partial charge in [-0.3, -0.25) is 9.59 Å². The van der Waals surface area contributed by atoms with E-state index in [0.717, 1.165) is 6.20 Å². The highest BCUT2D eigenvalue weighted by atomic mass is 16.4. The predicted octanol–water partition coefficient (Wildman–Crippen LogP) is -0.00830. The topological polar surface area (TPSA) is 99.5 Å². The van der Waals surface area contributed by atoms with E-state index in [9.17, 15) is 9.59 Å². The largest absolute Gasteiger partial charge is 0.506 e. The Hall–Kier alpha value is -2.11. The second kappa shape index (κ2) is 4.94. The first-order valence-corrected chi connectivity index (χ1v) is 4.24. The molecule has 1 amide bonds. The zero-order chi connectivity index (χ0) is 11.3. The fourth-order valence-corrected chi connectivity index (χ4v) is 0.894. The van der Waals surface area contributed by atoms with Crippen molar-refractivity contribution in [2.45, 2.75) is 6.42 Å². The van der Waals surface area contributed by atoms with E-state index in [-0.39, 0.29) is 24.4 Å². The molecule has 6 nitrogen and oxygen atoms in total. The molecule has 0 bridgehead atoms. The van der Waals surface area contributed by atoms with Gasteiger partial charge in [-0.05, 0) is 12.1 Å². The minimum absolute atomic E-state index is 0.0305. The van der Waals surface area contributed by atoms with Crippen molar-refractivity contribution < 1.29 is 19.8 Å². The fraction of sp³-hybridized carbons (Fsp3) is 0.222. The molecule has 0 aliphatic carbocycles. The normalized spacial score (nSPS) is 9.60. The third-order valence-electron chi connectivity index (χ3n) is 1.60. The molecule has 0 atom stereocenters. The number of aromatic nitrogens is 1. The van der Waals surface area contributed by atoms with Crippen molar-refractivity contribution >= 4 is 11.9 Å². The quantitative estimate of drug-likeness (QED) is 0.649. The summed E-state index contributed by atoms with van der Waals surface area (Å²) in [4.78, 5) is 25.1. The maximum Gasteiger partial charge on any atom is 0.305 e. The van der Waals surface area contributed by atoms with Crippen molar-refractivity contribution in [2.75, 3.05) is 6.54 Å². The first-order valence-electron chi connectivity index (χ1n) is 4.24. The highest BCUT2D eigenvalue weighted by Crippen LogP contribution is 2.05. The average Bonchev–Trinajstić information content (AvgIpc) is 2.18. The van der Waals surface area contributed by atoms with E-state index in [1.807, 2.05) is 0 Å². The number of amides is 1. The van der Waals surface area contributed by atoms with E-state index in [0.29, 0.717) is 0 Å². The average molecular weight is 210 g/mol. The Bertz CT molecular complexity index is 361. The molecule has 0 spiro atoms. The molecule has 0 unspecified atom stereocenters. The minimum atomic E-state index is -0.978. The van der Waals surface area contributed by atoms with Crippen LogP contribution in [0, 0.1) is 0 Å². The number of carboxylic acid groups (broad SMARTS) is 1. The summed E-state index contributed by atoms with van der Waals surface area (Å²) in [6, 6.07) is 2.69. The van der Waals surface area contributed by atoms with E-state index in [1.54, 1.807) is 0 Å². The summed E-state index contributed by atoms with van der Waals surface area (Å²) in [6.07, 6.45) is 1.01. The van der Waals surface area contributed by atoms with Crippen LogP contribution in [0.25, 0.3) is 0 Å². The molecule has 1 aromatic rings. The summed E-state index contributed by atoms with van der Waals surface area (Å²) in [5.74, 6) is -1.47. The van der Waals surface area contributed by atoms with Crippen LogP contribution in [0.15, 0.2) is 18.3 Å². The molecule has 0 fully saturated rings. The third kappa shape index (κ3) is 3.63. The van der Waals surface area contributed by atoms with Crippen molar-refractivity contribution in [1.82, 2.24) is 10.3 Å². The number of pyridine rings is 1. The summed E-state index contributed by atoms with van der Waals surface area (Å²) >= 11 is 0. The standard InChI is InChI=1S/C9H10N2O4/c12-6-1-2-7(11-5-6)9(15)10-4-3-8(13)14/h1-2,5,12H,3-4H2,(H,10,15)(H,13,14). The van der Waals surface area contributed by atoms with E-state index in [2.05, 4.69) is 10.3 Å². The number of aliphatic carboxylic acids is 1. The van der Waals surface area contributed by atoms with Gasteiger partial charge in [-0.1, -0.05) is 0 Å². The van der Waals surface area contributed by atoms with Gasteiger partial charge in [-0.15, -0.1) is 0 Å². The van der Waals surface area contributed by atoms with Crippen LogP contribution < -0.4 is 5.32 Å². The van der Waals surface area contributed by atoms with Crippen LogP contribution in [0.4, 0.5) is 0 Å². The highest BCUT2D eigenvalue weighted by Gasteiger charge is 2.06. The highest BCUT2D eigenvalue weighted by molar-refractivity contribution is 5.92. The SMILES string of the molecule is O=C(O)CCNC(=O)c1ccc(O)cn1. The first kappa shape index (κ1) is 11.0. The third-order valence-corrected chi connectivity index (χ3v) is 1.60. The van der Waals surface area contributed by atoms with Gasteiger partial charge in [-0.25, -0.2) is 4.98 Å². The molecule has 1 rings (SSSR count). The molecular formula is C9H10N2O4. The van der Waals surface area contributed by atoms with Gasteiger partial charge in [0.05, 0.1) is 12.6 Å². The zero-order valence-electron chi connectivity index (χ0n) is 7.80. The molecule has 15 heavy (non-hydrogen) atoms. The summed E-state index contributed by atoms with van der Waals surface area (Å²) in [7, 11) is 0. The number of hydrogen-bond acceptors (Lipinski definition) is 4. The van der Waals surface area contributed by atoms with Crippen molar-refractivity contribution in [3.05, 3.63) is 24.0 Å². The molecule has 0 aliphatic heterocycles. The van der Waals surface area contributed by atoms with Gasteiger partial charge in [0.25, 0.3) is 5.91 Å². The lowest BCUT2D eigenvalue weighted by atomic mass is 10.3. The number of carbonyl (C=O) groups excluding carboxylic acids is 1. The summed E-state index contributed by atoms with van der Waals surface area (Å²) in [5, 5.41) is 19.6. The van der Waals surface area contributed by atoms with E-state index >= 15 is 0 Å². The van der Waals surface area contributed by atoms with E-state index in [1.165, 1.54) is 12.1 Å². The van der Waals surface area contributed by atoms with Gasteiger partial charge >= 0.3 is 5.97 Å². The van der Waals surface area contributed by atoms with Crippen LogP contribution in [-0.2, 0) is 4.79 Å². The second-order valence-electron chi connectivity index (χ2n) is 2.80. The number of aromatic hydroxyl groups is 1. The van der Waals surface area contributed by atoms with Gasteiger partial charge < -0.3 is 15.5 Å². The molecule has 80 valence electrons. The summed E-state index contributed by atoms with van der Waals surface area (Å²) in [5.41, 5.74) is 0.137. The Balaban J connectivity index is 2.47. The molecule has 0 aromatic carbocycles. The molecular weight excluding hydrogens is 200 g/mol. The van der Waals surface area contributed by atoms with Crippen LogP contribution in [0.3, 0.4) is 0 Å².